The van der Waals surface area contributed by atoms with Crippen LogP contribution < -0.4 is 10.6 Å². The number of urea groups is 1. The molecule has 0 atom stereocenters. The molecule has 1 aromatic heterocycles. The summed E-state index contributed by atoms with van der Waals surface area (Å²) in [5.74, 6) is -0.338. The lowest BCUT2D eigenvalue weighted by Crippen LogP contribution is -2.44. The fourth-order valence-electron chi connectivity index (χ4n) is 3.84. The molecule has 0 fully saturated rings. The number of anilines is 2. The number of carbonyl (C=O) groups is 2. The Labute approximate surface area is 215 Å². The molecule has 8 heteroatoms. The average molecular weight is 500 g/mol. The van der Waals surface area contributed by atoms with Gasteiger partial charge in [-0.1, -0.05) is 49.4 Å². The Hall–Kier alpha value is -4.46. The molecular weight excluding hydrogens is 469 g/mol. The first kappa shape index (κ1) is 25.6. The number of halogens is 1. The maximum atomic E-state index is 13.5. The van der Waals surface area contributed by atoms with E-state index in [9.17, 15) is 14.0 Å². The second kappa shape index (κ2) is 11.5. The van der Waals surface area contributed by atoms with Crippen LogP contribution in [0.4, 0.5) is 20.7 Å². The van der Waals surface area contributed by atoms with Gasteiger partial charge in [-0.25, -0.2) is 13.9 Å². The molecule has 7 nitrogen and oxygen atoms in total. The number of aryl methyl sites for hydroxylation is 1. The van der Waals surface area contributed by atoms with Crippen LogP contribution in [0.2, 0.25) is 0 Å². The van der Waals surface area contributed by atoms with E-state index in [1.165, 1.54) is 22.6 Å². The van der Waals surface area contributed by atoms with Crippen LogP contribution in [0.1, 0.15) is 26.3 Å². The van der Waals surface area contributed by atoms with Crippen LogP contribution in [0.5, 0.6) is 0 Å². The van der Waals surface area contributed by atoms with Gasteiger partial charge < -0.3 is 15.5 Å². The van der Waals surface area contributed by atoms with Crippen LogP contribution in [-0.4, -0.2) is 39.2 Å². The molecule has 190 valence electrons. The number of hydrogen-bond donors (Lipinski definition) is 2. The van der Waals surface area contributed by atoms with Crippen LogP contribution in [-0.2, 0) is 11.2 Å². The minimum atomic E-state index is -0.381. The van der Waals surface area contributed by atoms with Crippen LogP contribution in [0, 0.1) is 5.82 Å². The summed E-state index contributed by atoms with van der Waals surface area (Å²) in [6, 6.07) is 24.2. The van der Waals surface area contributed by atoms with Crippen LogP contribution in [0.25, 0.3) is 16.9 Å². The van der Waals surface area contributed by atoms with Gasteiger partial charge in [0.05, 0.1) is 11.4 Å². The fourth-order valence-corrected chi connectivity index (χ4v) is 3.84. The van der Waals surface area contributed by atoms with Crippen molar-refractivity contribution in [3.8, 4) is 16.9 Å². The Morgan fingerprint density at radius 3 is 2.24 bits per heavy atom. The topological polar surface area (TPSA) is 79.3 Å². The van der Waals surface area contributed by atoms with E-state index in [0.717, 1.165) is 12.0 Å². The Kier molecular flexibility index (Phi) is 7.98. The van der Waals surface area contributed by atoms with E-state index in [4.69, 9.17) is 0 Å². The fraction of sp³-hybridized carbons (Fsp3) is 0.207. The lowest BCUT2D eigenvalue weighted by atomic mass is 10.1. The SMILES string of the molecule is CCc1ccc(NC(=O)N(CC(=O)Nc2cc(-c3ccccc3)nn2-c2ccc(F)cc2)C(C)C)cc1. The molecule has 0 saturated heterocycles. The Balaban J connectivity index is 1.54. The number of nitrogens with one attached hydrogen (secondary N) is 2. The maximum Gasteiger partial charge on any atom is 0.322 e. The average Bonchev–Trinajstić information content (AvgIpc) is 3.32. The maximum absolute atomic E-state index is 13.5. The monoisotopic (exact) mass is 499 g/mol. The van der Waals surface area contributed by atoms with Gasteiger partial charge in [0.25, 0.3) is 0 Å². The molecule has 0 spiro atoms. The first-order chi connectivity index (χ1) is 17.8. The van der Waals surface area contributed by atoms with E-state index in [0.29, 0.717) is 22.9 Å². The molecule has 37 heavy (non-hydrogen) atoms. The molecule has 0 aliphatic rings. The molecule has 0 saturated carbocycles. The van der Waals surface area contributed by atoms with Crippen molar-refractivity contribution >= 4 is 23.4 Å². The largest absolute Gasteiger partial charge is 0.322 e. The summed E-state index contributed by atoms with van der Waals surface area (Å²) in [4.78, 5) is 27.6. The normalized spacial score (nSPS) is 10.8. The van der Waals surface area contributed by atoms with E-state index in [-0.39, 0.29) is 30.3 Å². The number of rotatable bonds is 8. The number of nitrogens with zero attached hydrogens (tertiary/aromatic N) is 3. The Bertz CT molecular complexity index is 1350. The molecule has 0 aliphatic carbocycles. The highest BCUT2D eigenvalue weighted by molar-refractivity contribution is 5.97. The molecule has 0 bridgehead atoms. The zero-order valence-electron chi connectivity index (χ0n) is 21.1. The molecule has 4 aromatic rings. The van der Waals surface area contributed by atoms with Crippen molar-refractivity contribution in [2.75, 3.05) is 17.2 Å². The third-order valence-corrected chi connectivity index (χ3v) is 5.93. The van der Waals surface area contributed by atoms with Gasteiger partial charge in [-0.15, -0.1) is 0 Å². The van der Waals surface area contributed by atoms with Gasteiger partial charge in [-0.05, 0) is 62.2 Å². The Morgan fingerprint density at radius 1 is 0.946 bits per heavy atom. The molecule has 4 rings (SSSR count). The van der Waals surface area contributed by atoms with Crippen LogP contribution in [0.3, 0.4) is 0 Å². The predicted octanol–water partition coefficient (Wildman–Crippen LogP) is 6.12. The van der Waals surface area contributed by atoms with Crippen molar-refractivity contribution in [3.63, 3.8) is 0 Å². The van der Waals surface area contributed by atoms with Crippen molar-refractivity contribution in [1.82, 2.24) is 14.7 Å². The van der Waals surface area contributed by atoms with Crippen molar-refractivity contribution in [3.05, 3.63) is 96.3 Å². The minimum Gasteiger partial charge on any atom is -0.313 e. The zero-order chi connectivity index (χ0) is 26.4. The standard InChI is InChI=1S/C29H30FN5O2/c1-4-21-10-14-24(15-11-21)31-29(37)34(20(2)3)19-28(36)32-27-18-26(22-8-6-5-7-9-22)33-35(27)25-16-12-23(30)13-17-25/h5-18,20H,4,19H2,1-3H3,(H,31,37)(H,32,36). The zero-order valence-corrected chi connectivity index (χ0v) is 21.1. The van der Waals surface area contributed by atoms with Crippen molar-refractivity contribution in [1.29, 1.82) is 0 Å². The van der Waals surface area contributed by atoms with Gasteiger partial charge in [-0.2, -0.15) is 5.10 Å². The second-order valence-corrected chi connectivity index (χ2v) is 8.92. The van der Waals surface area contributed by atoms with Crippen LogP contribution >= 0.6 is 0 Å². The number of benzene rings is 3. The highest BCUT2D eigenvalue weighted by atomic mass is 19.1. The lowest BCUT2D eigenvalue weighted by Gasteiger charge is -2.26. The van der Waals surface area contributed by atoms with E-state index < -0.39 is 0 Å². The first-order valence-electron chi connectivity index (χ1n) is 12.2. The third kappa shape index (κ3) is 6.41. The van der Waals surface area contributed by atoms with Crippen molar-refractivity contribution in [2.45, 2.75) is 33.2 Å². The van der Waals surface area contributed by atoms with Gasteiger partial charge in [0.1, 0.15) is 18.2 Å². The first-order valence-corrected chi connectivity index (χ1v) is 12.2. The van der Waals surface area contributed by atoms with E-state index in [2.05, 4.69) is 22.7 Å². The Morgan fingerprint density at radius 2 is 1.62 bits per heavy atom. The quantitative estimate of drug-likeness (QED) is 0.306. The molecule has 2 N–H and O–H groups in total. The van der Waals surface area contributed by atoms with Gasteiger partial charge >= 0.3 is 6.03 Å². The summed E-state index contributed by atoms with van der Waals surface area (Å²) in [6.07, 6.45) is 0.910. The van der Waals surface area contributed by atoms with Gasteiger partial charge in [0, 0.05) is 23.4 Å². The summed E-state index contributed by atoms with van der Waals surface area (Å²) in [6.45, 7) is 5.61. The van der Waals surface area contributed by atoms with E-state index in [1.807, 2.05) is 68.4 Å². The predicted molar refractivity (Wildman–Crippen MR) is 144 cm³/mol. The van der Waals surface area contributed by atoms with Crippen molar-refractivity contribution in [2.24, 2.45) is 0 Å². The molecule has 3 amide bonds. The van der Waals surface area contributed by atoms with Gasteiger partial charge in [-0.3, -0.25) is 4.79 Å². The van der Waals surface area contributed by atoms with Gasteiger partial charge in [0.15, 0.2) is 0 Å². The lowest BCUT2D eigenvalue weighted by molar-refractivity contribution is -0.117. The summed E-state index contributed by atoms with van der Waals surface area (Å²) < 4.78 is 15.1. The molecule has 3 aromatic carbocycles. The molecule has 0 radical (unpaired) electrons. The highest BCUT2D eigenvalue weighted by Gasteiger charge is 2.22. The third-order valence-electron chi connectivity index (χ3n) is 5.93. The number of aromatic nitrogens is 2. The molecular formula is C29H30FN5O2. The summed E-state index contributed by atoms with van der Waals surface area (Å²) in [5.41, 5.74) is 3.94. The number of hydrogen-bond acceptors (Lipinski definition) is 3. The second-order valence-electron chi connectivity index (χ2n) is 8.92. The smallest absolute Gasteiger partial charge is 0.313 e. The minimum absolute atomic E-state index is 0.161. The molecule has 0 unspecified atom stereocenters. The highest BCUT2D eigenvalue weighted by Crippen LogP contribution is 2.25. The number of amides is 3. The van der Waals surface area contributed by atoms with Crippen LogP contribution in [0.15, 0.2) is 84.9 Å². The van der Waals surface area contributed by atoms with E-state index in [1.54, 1.807) is 22.9 Å². The molecule has 1 heterocycles. The molecule has 0 aliphatic heterocycles. The summed E-state index contributed by atoms with van der Waals surface area (Å²) in [7, 11) is 0. The van der Waals surface area contributed by atoms with E-state index >= 15 is 0 Å². The summed E-state index contributed by atoms with van der Waals surface area (Å²) in [5, 5.41) is 10.4. The van der Waals surface area contributed by atoms with Crippen molar-refractivity contribution < 1.29 is 14.0 Å². The van der Waals surface area contributed by atoms with Gasteiger partial charge in [0.2, 0.25) is 5.91 Å². The number of carbonyl (C=O) groups excluding carboxylic acids is 2. The summed E-state index contributed by atoms with van der Waals surface area (Å²) >= 11 is 0.